The summed E-state index contributed by atoms with van der Waals surface area (Å²) in [5.74, 6) is 0.274. The van der Waals surface area contributed by atoms with Gasteiger partial charge in [-0.25, -0.2) is 4.57 Å². The number of hydrogen-bond donors (Lipinski definition) is 3. The average Bonchev–Trinajstić information content (AvgIpc) is 3.01. The molecule has 4 rings (SSSR count). The summed E-state index contributed by atoms with van der Waals surface area (Å²) < 4.78 is 26.8. The van der Waals surface area contributed by atoms with Crippen molar-refractivity contribution in [3.63, 3.8) is 0 Å². The van der Waals surface area contributed by atoms with Crippen LogP contribution in [-0.4, -0.2) is 76.5 Å². The zero-order valence-corrected chi connectivity index (χ0v) is 12.1. The maximum atomic E-state index is 11.5. The second-order valence-corrected chi connectivity index (χ2v) is 6.73. The van der Waals surface area contributed by atoms with E-state index < -0.39 is 38.4 Å². The zero-order chi connectivity index (χ0) is 15.5. The Balaban J connectivity index is 1.55. The van der Waals surface area contributed by atoms with Crippen molar-refractivity contribution in [3.05, 3.63) is 0 Å². The summed E-state index contributed by atoms with van der Waals surface area (Å²) in [6, 6.07) is -0.726. The molecule has 0 aliphatic carbocycles. The van der Waals surface area contributed by atoms with Crippen LogP contribution in [0.4, 0.5) is 0 Å². The number of amidine groups is 1. The highest BCUT2D eigenvalue weighted by Gasteiger charge is 2.55. The van der Waals surface area contributed by atoms with Crippen molar-refractivity contribution in [2.75, 3.05) is 6.61 Å². The molecule has 12 heteroatoms. The number of nitrogens with two attached hydrogens (primary N) is 1. The van der Waals surface area contributed by atoms with Gasteiger partial charge in [-0.2, -0.15) is 5.10 Å². The van der Waals surface area contributed by atoms with E-state index in [1.807, 2.05) is 0 Å². The van der Waals surface area contributed by atoms with Gasteiger partial charge >= 0.3 is 7.82 Å². The molecule has 2 fully saturated rings. The molecule has 4 N–H and O–H groups in total. The molecule has 0 saturated carbocycles. The molecule has 120 valence electrons. The van der Waals surface area contributed by atoms with Crippen molar-refractivity contribution in [2.45, 2.75) is 36.6 Å². The highest BCUT2D eigenvalue weighted by Crippen LogP contribution is 2.51. The van der Waals surface area contributed by atoms with Crippen molar-refractivity contribution in [1.29, 1.82) is 0 Å². The Kier molecular flexibility index (Phi) is 3.12. The number of phosphoric acid groups is 1. The minimum Gasteiger partial charge on any atom is -0.386 e. The Morgan fingerprint density at radius 2 is 2.32 bits per heavy atom. The van der Waals surface area contributed by atoms with E-state index in [-0.39, 0.29) is 18.5 Å². The molecule has 0 aromatic carbocycles. The lowest BCUT2D eigenvalue weighted by Gasteiger charge is -2.32. The van der Waals surface area contributed by atoms with Crippen LogP contribution in [0.25, 0.3) is 0 Å². The molecule has 0 aromatic rings. The van der Waals surface area contributed by atoms with Gasteiger partial charge in [0.15, 0.2) is 6.23 Å². The highest BCUT2D eigenvalue weighted by atomic mass is 31.2. The molecule has 0 radical (unpaired) electrons. The predicted molar refractivity (Wildman–Crippen MR) is 73.3 cm³/mol. The molecule has 11 nitrogen and oxygen atoms in total. The first-order chi connectivity index (χ1) is 10.5. The fourth-order valence-corrected chi connectivity index (χ4v) is 3.90. The molecule has 22 heavy (non-hydrogen) atoms. The molecule has 7 unspecified atom stereocenters. The van der Waals surface area contributed by atoms with E-state index in [1.54, 1.807) is 11.1 Å². The molecule has 0 aromatic heterocycles. The van der Waals surface area contributed by atoms with Crippen LogP contribution in [0.15, 0.2) is 15.2 Å². The average molecular weight is 331 g/mol. The third kappa shape index (κ3) is 2.09. The summed E-state index contributed by atoms with van der Waals surface area (Å²) in [5, 5.41) is 17.9. The number of phosphoric ester groups is 1. The third-order valence-electron chi connectivity index (χ3n) is 3.98. The molecular weight excluding hydrogens is 317 g/mol. The lowest BCUT2D eigenvalue weighted by molar-refractivity contribution is -0.0793. The van der Waals surface area contributed by atoms with E-state index >= 15 is 0 Å². The molecule has 2 saturated heterocycles. The Labute approximate surface area is 124 Å². The lowest BCUT2D eigenvalue weighted by atomic mass is 10.1. The molecular formula is C10H14N5O6P. The Morgan fingerprint density at radius 3 is 3.14 bits per heavy atom. The molecule has 0 amide bonds. The van der Waals surface area contributed by atoms with Gasteiger partial charge in [0.2, 0.25) is 0 Å². The predicted octanol–water partition coefficient (Wildman–Crippen LogP) is -1.97. The van der Waals surface area contributed by atoms with E-state index in [2.05, 4.69) is 15.2 Å². The topological polar surface area (TPSA) is 152 Å². The number of nitrogens with zero attached hydrogens (tertiary/aromatic N) is 4. The van der Waals surface area contributed by atoms with Crippen molar-refractivity contribution >= 4 is 26.2 Å². The van der Waals surface area contributed by atoms with Crippen LogP contribution in [0.2, 0.25) is 0 Å². The van der Waals surface area contributed by atoms with E-state index in [4.69, 9.17) is 19.5 Å². The molecule has 4 aliphatic heterocycles. The maximum Gasteiger partial charge on any atom is 0.472 e. The summed E-state index contributed by atoms with van der Waals surface area (Å²) in [6.07, 6.45) is -0.497. The molecule has 7 atom stereocenters. The highest BCUT2D eigenvalue weighted by molar-refractivity contribution is 7.47. The lowest BCUT2D eigenvalue weighted by Crippen LogP contribution is -2.52. The van der Waals surface area contributed by atoms with Crippen molar-refractivity contribution in [3.8, 4) is 0 Å². The summed E-state index contributed by atoms with van der Waals surface area (Å²) >= 11 is 0. The van der Waals surface area contributed by atoms with Gasteiger partial charge in [0.1, 0.15) is 30.2 Å². The minimum atomic E-state index is -4.15. The first kappa shape index (κ1) is 14.2. The van der Waals surface area contributed by atoms with Crippen LogP contribution >= 0.6 is 7.82 Å². The van der Waals surface area contributed by atoms with E-state index in [0.717, 1.165) is 0 Å². The summed E-state index contributed by atoms with van der Waals surface area (Å²) in [4.78, 5) is 15.2. The molecule has 0 spiro atoms. The van der Waals surface area contributed by atoms with Crippen LogP contribution in [0.5, 0.6) is 0 Å². The smallest absolute Gasteiger partial charge is 0.386 e. The van der Waals surface area contributed by atoms with Crippen LogP contribution in [0, 0.1) is 0 Å². The normalized spacial score (nSPS) is 49.9. The van der Waals surface area contributed by atoms with Gasteiger partial charge in [0.25, 0.3) is 0 Å². The second-order valence-electron chi connectivity index (χ2n) is 5.33. The van der Waals surface area contributed by atoms with Gasteiger partial charge in [-0.05, 0) is 0 Å². The number of aliphatic hydroxyl groups excluding tert-OH is 1. The van der Waals surface area contributed by atoms with Crippen LogP contribution in [0.1, 0.15) is 0 Å². The monoisotopic (exact) mass is 331 g/mol. The zero-order valence-electron chi connectivity index (χ0n) is 11.2. The van der Waals surface area contributed by atoms with Crippen LogP contribution < -0.4 is 5.73 Å². The summed E-state index contributed by atoms with van der Waals surface area (Å²) in [5.41, 5.74) is 5.75. The fraction of sp³-hybridized carbons (Fsp3) is 0.700. The number of aliphatic hydroxyl groups is 1. The summed E-state index contributed by atoms with van der Waals surface area (Å²) in [7, 11) is -4.15. The first-order valence-corrected chi connectivity index (χ1v) is 8.12. The van der Waals surface area contributed by atoms with Gasteiger partial charge in [-0.3, -0.25) is 14.0 Å². The Morgan fingerprint density at radius 1 is 1.50 bits per heavy atom. The number of ether oxygens (including phenoxy) is 1. The Hall–Kier alpha value is -1.36. The second kappa shape index (κ2) is 4.82. The number of hydrogen-bond acceptors (Lipinski definition) is 10. The van der Waals surface area contributed by atoms with E-state index in [0.29, 0.717) is 0 Å². The van der Waals surface area contributed by atoms with Gasteiger partial charge in [0.05, 0.1) is 25.2 Å². The fourth-order valence-electron chi connectivity index (χ4n) is 2.93. The quantitative estimate of drug-likeness (QED) is 0.468. The molecule has 0 bridgehead atoms. The van der Waals surface area contributed by atoms with Gasteiger partial charge < -0.3 is 25.4 Å². The molecule has 4 aliphatic rings. The van der Waals surface area contributed by atoms with E-state index in [1.165, 1.54) is 6.34 Å². The van der Waals surface area contributed by atoms with Crippen molar-refractivity contribution < 1.29 is 28.3 Å². The number of rotatable bonds is 1. The van der Waals surface area contributed by atoms with Crippen LogP contribution in [-0.2, 0) is 18.3 Å². The Bertz CT molecular complexity index is 625. The standard InChI is InChI=1S/C10H14N5O6P/c11-9-6-4(1-13-14-9)15(3-12-6)10-7(16)8-5(20-10)2-19-22(17,18)21-8/h1,3-8,10,16H,2H2,(H2,11,14)(H,17,18). The number of fused-ring (bicyclic) bond motifs is 2. The number of aliphatic imine (C=N–C) groups is 1. The van der Waals surface area contributed by atoms with Gasteiger partial charge in [-0.1, -0.05) is 0 Å². The maximum absolute atomic E-state index is 11.5. The van der Waals surface area contributed by atoms with Crippen molar-refractivity contribution in [1.82, 2.24) is 4.90 Å². The summed E-state index contributed by atoms with van der Waals surface area (Å²) in [6.45, 7) is -0.136. The van der Waals surface area contributed by atoms with Crippen LogP contribution in [0.3, 0.4) is 0 Å². The largest absolute Gasteiger partial charge is 0.472 e. The van der Waals surface area contributed by atoms with E-state index in [9.17, 15) is 14.6 Å². The van der Waals surface area contributed by atoms with Crippen molar-refractivity contribution in [2.24, 2.45) is 20.9 Å². The third-order valence-corrected chi connectivity index (χ3v) is 4.97. The first-order valence-electron chi connectivity index (χ1n) is 6.63. The van der Waals surface area contributed by atoms with Gasteiger partial charge in [0, 0.05) is 0 Å². The molecule has 4 heterocycles. The minimum absolute atomic E-state index is 0.136. The SMILES string of the molecule is NC1=NN=CC2C1N=CN2C1OC2COP(=O)(O)OC2C1O. The van der Waals surface area contributed by atoms with Gasteiger partial charge in [-0.15, -0.1) is 5.10 Å².